The summed E-state index contributed by atoms with van der Waals surface area (Å²) in [6, 6.07) is 15.1. The van der Waals surface area contributed by atoms with Crippen LogP contribution in [0.2, 0.25) is 0 Å². The fraction of sp³-hybridized carbons (Fsp3) is 0.190. The number of aromatic nitrogens is 1. The second kappa shape index (κ2) is 7.28. The molecule has 0 saturated heterocycles. The molecule has 1 aliphatic carbocycles. The van der Waals surface area contributed by atoms with Crippen molar-refractivity contribution in [1.29, 1.82) is 0 Å². The highest BCUT2D eigenvalue weighted by atomic mass is 16.3. The van der Waals surface area contributed by atoms with Crippen LogP contribution in [0, 0.1) is 0 Å². The minimum atomic E-state index is -0.498. The van der Waals surface area contributed by atoms with Crippen LogP contribution in [0.4, 0.5) is 10.5 Å². The molecule has 0 unspecified atom stereocenters. The van der Waals surface area contributed by atoms with Gasteiger partial charge in [-0.2, -0.15) is 0 Å². The molecule has 28 heavy (non-hydrogen) atoms. The van der Waals surface area contributed by atoms with Gasteiger partial charge in [-0.15, -0.1) is 0 Å². The molecule has 2 aromatic rings. The van der Waals surface area contributed by atoms with Gasteiger partial charge in [0.25, 0.3) is 0 Å². The molecule has 7 nitrogen and oxygen atoms in total. The average molecular weight is 376 g/mol. The number of hydrazine groups is 1. The molecule has 0 atom stereocenters. The number of hydrogen-bond acceptors (Lipinski definition) is 4. The largest absolute Gasteiger partial charge is 0.452 e. The van der Waals surface area contributed by atoms with E-state index in [1.807, 2.05) is 36.4 Å². The number of fused-ring (bicyclic) bond motifs is 4. The van der Waals surface area contributed by atoms with Crippen molar-refractivity contribution in [2.24, 2.45) is 5.84 Å². The van der Waals surface area contributed by atoms with E-state index in [2.05, 4.69) is 35.2 Å². The minimum Gasteiger partial charge on any atom is -0.452 e. The third kappa shape index (κ3) is 3.05. The van der Waals surface area contributed by atoms with E-state index in [9.17, 15) is 4.79 Å². The summed E-state index contributed by atoms with van der Waals surface area (Å²) in [5.74, 6) is 5.92. The standard InChI is InChI=1S/C21H21N5O2/c1-3-26(4-2)13-9-10-16-18(11-13)28-19-12-17(24-21(27)25-22)14-7-5-6-8-15(14)20(19)23-16/h5-12H,3-4H2,1-2H3,(H3,22,23,24,25,27)/p+1. The summed E-state index contributed by atoms with van der Waals surface area (Å²) in [7, 11) is 0. The van der Waals surface area contributed by atoms with Crippen molar-refractivity contribution >= 4 is 33.6 Å². The lowest BCUT2D eigenvalue weighted by molar-refractivity contribution is 0.252. The molecule has 4 rings (SSSR count). The zero-order valence-corrected chi connectivity index (χ0v) is 15.8. The predicted octanol–water partition coefficient (Wildman–Crippen LogP) is 2.89. The van der Waals surface area contributed by atoms with E-state index in [4.69, 9.17) is 15.2 Å². The lowest BCUT2D eigenvalue weighted by Crippen LogP contribution is -2.34. The molecule has 2 aromatic carbocycles. The molecule has 2 amide bonds. The quantitative estimate of drug-likeness (QED) is 0.128. The zero-order chi connectivity index (χ0) is 19.7. The molecule has 7 heteroatoms. The fourth-order valence-corrected chi connectivity index (χ4v) is 3.49. The van der Waals surface area contributed by atoms with Crippen molar-refractivity contribution < 1.29 is 9.21 Å². The number of nitrogens with one attached hydrogen (secondary N) is 2. The van der Waals surface area contributed by atoms with Crippen LogP contribution in [-0.2, 0) is 0 Å². The number of amides is 2. The lowest BCUT2D eigenvalue weighted by atomic mass is 10.1. The average Bonchev–Trinajstić information content (AvgIpc) is 2.73. The summed E-state index contributed by atoms with van der Waals surface area (Å²) < 4.78 is 8.45. The van der Waals surface area contributed by atoms with Gasteiger partial charge in [-0.05, 0) is 19.9 Å². The number of urea groups is 1. The Morgan fingerprint density at radius 1 is 1.11 bits per heavy atom. The number of hydrogen-bond donors (Lipinski definition) is 3. The highest BCUT2D eigenvalue weighted by Gasteiger charge is 2.16. The summed E-state index contributed by atoms with van der Waals surface area (Å²) >= 11 is 0. The first-order valence-corrected chi connectivity index (χ1v) is 9.26. The second-order valence-corrected chi connectivity index (χ2v) is 6.45. The van der Waals surface area contributed by atoms with Gasteiger partial charge >= 0.3 is 6.03 Å². The molecule has 0 saturated carbocycles. The Balaban J connectivity index is 2.03. The molecule has 0 fully saturated rings. The topological polar surface area (TPSA) is 96.2 Å². The zero-order valence-electron chi connectivity index (χ0n) is 15.8. The van der Waals surface area contributed by atoms with Crippen molar-refractivity contribution in [2.75, 3.05) is 18.4 Å². The number of benzene rings is 3. The smallest absolute Gasteiger partial charge is 0.333 e. The fourth-order valence-electron chi connectivity index (χ4n) is 3.49. The normalized spacial score (nSPS) is 11.1. The first-order valence-electron chi connectivity index (χ1n) is 9.26. The van der Waals surface area contributed by atoms with Gasteiger partial charge in [0.1, 0.15) is 24.3 Å². The van der Waals surface area contributed by atoms with E-state index in [0.29, 0.717) is 17.0 Å². The number of nitrogens with two attached hydrogens (primary N) is 1. The Bertz CT molecular complexity index is 1220. The molecule has 0 aromatic heterocycles. The van der Waals surface area contributed by atoms with E-state index in [1.54, 1.807) is 6.07 Å². The Hall–Kier alpha value is -3.45. The van der Waals surface area contributed by atoms with Gasteiger partial charge in [0.05, 0.1) is 11.8 Å². The van der Waals surface area contributed by atoms with Crippen LogP contribution < -0.4 is 26.5 Å². The summed E-state index contributed by atoms with van der Waals surface area (Å²) in [4.78, 5) is 16.6. The Morgan fingerprint density at radius 3 is 2.57 bits per heavy atom. The summed E-state index contributed by atoms with van der Waals surface area (Å²) in [5, 5.41) is 5.59. The van der Waals surface area contributed by atoms with Crippen LogP contribution in [-0.4, -0.2) is 24.1 Å². The van der Waals surface area contributed by atoms with E-state index in [-0.39, 0.29) is 0 Å². The number of anilines is 1. The Morgan fingerprint density at radius 2 is 1.86 bits per heavy atom. The predicted molar refractivity (Wildman–Crippen MR) is 111 cm³/mol. The SMILES string of the molecule is CC[N+](CC)=c1ccc2nc3c(cc(NC(=O)NN)c4ccccc43)oc-2c1. The van der Waals surface area contributed by atoms with Gasteiger partial charge < -0.3 is 9.73 Å². The van der Waals surface area contributed by atoms with Crippen molar-refractivity contribution in [3.8, 4) is 11.5 Å². The number of carbonyl (C=O) groups is 1. The molecule has 0 spiro atoms. The van der Waals surface area contributed by atoms with Crippen molar-refractivity contribution in [2.45, 2.75) is 13.8 Å². The molecule has 2 aliphatic rings. The molecular formula is C21H22N5O2+. The third-order valence-corrected chi connectivity index (χ3v) is 4.88. The van der Waals surface area contributed by atoms with E-state index >= 15 is 0 Å². The van der Waals surface area contributed by atoms with Crippen LogP contribution in [0.5, 0.6) is 0 Å². The molecule has 4 N–H and O–H groups in total. The highest BCUT2D eigenvalue weighted by Crippen LogP contribution is 2.33. The maximum Gasteiger partial charge on any atom is 0.333 e. The van der Waals surface area contributed by atoms with Gasteiger partial charge in [0.2, 0.25) is 5.36 Å². The number of rotatable bonds is 3. The van der Waals surface area contributed by atoms with E-state index in [1.165, 1.54) is 0 Å². The number of nitrogens with zero attached hydrogens (tertiary/aromatic N) is 2. The monoisotopic (exact) mass is 376 g/mol. The van der Waals surface area contributed by atoms with Gasteiger partial charge in [0, 0.05) is 22.9 Å². The second-order valence-electron chi connectivity index (χ2n) is 6.45. The van der Waals surface area contributed by atoms with Gasteiger partial charge in [-0.3, -0.25) is 5.43 Å². The van der Waals surface area contributed by atoms with Gasteiger partial charge in [-0.25, -0.2) is 20.2 Å². The van der Waals surface area contributed by atoms with Crippen LogP contribution in [0.15, 0.2) is 52.9 Å². The first kappa shape index (κ1) is 17.9. The maximum absolute atomic E-state index is 11.8. The van der Waals surface area contributed by atoms with E-state index < -0.39 is 6.03 Å². The summed E-state index contributed by atoms with van der Waals surface area (Å²) in [6.07, 6.45) is 0. The van der Waals surface area contributed by atoms with Gasteiger partial charge in [-0.1, -0.05) is 24.3 Å². The Labute approximate surface area is 161 Å². The molecular weight excluding hydrogens is 354 g/mol. The van der Waals surface area contributed by atoms with E-state index in [0.717, 1.165) is 40.4 Å². The first-order chi connectivity index (χ1) is 13.6. The molecule has 1 aliphatic heterocycles. The summed E-state index contributed by atoms with van der Waals surface area (Å²) in [5.41, 5.74) is 4.82. The maximum atomic E-state index is 11.8. The lowest BCUT2D eigenvalue weighted by Gasteiger charge is -2.12. The van der Waals surface area contributed by atoms with Crippen LogP contribution in [0.25, 0.3) is 33.3 Å². The van der Waals surface area contributed by atoms with Crippen molar-refractivity contribution in [1.82, 2.24) is 15.0 Å². The minimum absolute atomic E-state index is 0.498. The van der Waals surface area contributed by atoms with Crippen LogP contribution in [0.3, 0.4) is 0 Å². The molecule has 142 valence electrons. The summed E-state index contributed by atoms with van der Waals surface area (Å²) in [6.45, 7) is 6.07. The van der Waals surface area contributed by atoms with Crippen LogP contribution >= 0.6 is 0 Å². The number of carbonyl (C=O) groups excluding carboxylic acids is 1. The van der Waals surface area contributed by atoms with Crippen molar-refractivity contribution in [3.63, 3.8) is 0 Å². The Kier molecular flexibility index (Phi) is 4.67. The molecule has 0 bridgehead atoms. The highest BCUT2D eigenvalue weighted by molar-refractivity contribution is 6.12. The molecule has 0 radical (unpaired) electrons. The van der Waals surface area contributed by atoms with Crippen LogP contribution in [0.1, 0.15) is 13.8 Å². The molecule has 1 heterocycles. The third-order valence-electron chi connectivity index (χ3n) is 4.88. The van der Waals surface area contributed by atoms with Gasteiger partial charge in [0.15, 0.2) is 11.3 Å². The van der Waals surface area contributed by atoms with Crippen molar-refractivity contribution in [3.05, 3.63) is 53.9 Å².